The predicted molar refractivity (Wildman–Crippen MR) is 102 cm³/mol. The van der Waals surface area contributed by atoms with Crippen LogP contribution in [0.1, 0.15) is 37.1 Å². The van der Waals surface area contributed by atoms with Crippen LogP contribution in [0.25, 0.3) is 0 Å². The molecule has 1 fully saturated rings. The molecule has 0 aromatic heterocycles. The maximum absolute atomic E-state index is 13.0. The molecule has 0 saturated carbocycles. The molecule has 1 aliphatic rings. The van der Waals surface area contributed by atoms with E-state index in [1.807, 2.05) is 62.4 Å². The number of carbonyl (C=O) groups excluding carboxylic acids is 1. The Morgan fingerprint density at radius 2 is 1.15 bits per heavy atom. The number of nitrogens with zero attached hydrogens (tertiary/aromatic N) is 2. The van der Waals surface area contributed by atoms with E-state index in [1.165, 1.54) is 5.01 Å². The summed E-state index contributed by atoms with van der Waals surface area (Å²) in [5, 5.41) is 4.88. The Labute approximate surface area is 159 Å². The summed E-state index contributed by atoms with van der Waals surface area (Å²) < 4.78 is 10.4. The largest absolute Gasteiger partial charge is 0.497 e. The van der Waals surface area contributed by atoms with E-state index in [2.05, 4.69) is 5.29 Å². The standard InChI is InChI=1S/C21H24N2O4/c1-13-19(15-5-9-17(26-3)10-6-15)23(22-25)20(14(2)21(13)24)16-7-11-18(27-4)12-8-16/h5-14,19-20H,1-4H3/t13-,14-,19-,20-/m0/s1. The van der Waals surface area contributed by atoms with Gasteiger partial charge in [-0.05, 0) is 35.4 Å². The number of Topliss-reactive ketones (excluding diaryl/α,β-unsaturated/α-hetero) is 1. The van der Waals surface area contributed by atoms with Crippen LogP contribution in [-0.2, 0) is 4.79 Å². The molecule has 0 radical (unpaired) electrons. The molecule has 4 atom stereocenters. The van der Waals surface area contributed by atoms with E-state index in [9.17, 15) is 9.70 Å². The monoisotopic (exact) mass is 368 g/mol. The highest BCUT2D eigenvalue weighted by atomic mass is 16.5. The molecule has 142 valence electrons. The van der Waals surface area contributed by atoms with Crippen molar-refractivity contribution < 1.29 is 14.3 Å². The summed E-state index contributed by atoms with van der Waals surface area (Å²) in [7, 11) is 3.20. The average Bonchev–Trinajstić information content (AvgIpc) is 2.72. The number of benzene rings is 2. The predicted octanol–water partition coefficient (Wildman–Crippen LogP) is 4.32. The van der Waals surface area contributed by atoms with Crippen molar-refractivity contribution in [1.29, 1.82) is 0 Å². The Hall–Kier alpha value is -2.89. The Kier molecular flexibility index (Phi) is 5.44. The first-order valence-electron chi connectivity index (χ1n) is 8.95. The van der Waals surface area contributed by atoms with Crippen LogP contribution in [-0.4, -0.2) is 25.0 Å². The summed E-state index contributed by atoms with van der Waals surface area (Å²) in [5.41, 5.74) is 1.73. The van der Waals surface area contributed by atoms with Gasteiger partial charge in [-0.2, -0.15) is 0 Å². The second-order valence-corrected chi connectivity index (χ2v) is 6.88. The first-order valence-corrected chi connectivity index (χ1v) is 8.95. The third-order valence-corrected chi connectivity index (χ3v) is 5.42. The van der Waals surface area contributed by atoms with Crippen LogP contribution >= 0.6 is 0 Å². The van der Waals surface area contributed by atoms with Crippen LogP contribution < -0.4 is 9.47 Å². The molecule has 6 heteroatoms. The summed E-state index contributed by atoms with van der Waals surface area (Å²) in [6.45, 7) is 3.71. The van der Waals surface area contributed by atoms with Crippen LogP contribution in [0, 0.1) is 16.7 Å². The number of piperidine rings is 1. The second-order valence-electron chi connectivity index (χ2n) is 6.88. The number of ether oxygens (including phenoxy) is 2. The fourth-order valence-corrected chi connectivity index (χ4v) is 3.94. The molecule has 3 rings (SSSR count). The topological polar surface area (TPSA) is 68.2 Å². The molecule has 2 aromatic rings. The maximum atomic E-state index is 13.0. The van der Waals surface area contributed by atoms with E-state index in [-0.39, 0.29) is 17.6 Å². The van der Waals surface area contributed by atoms with Gasteiger partial charge in [-0.15, -0.1) is 4.91 Å². The minimum Gasteiger partial charge on any atom is -0.497 e. The van der Waals surface area contributed by atoms with Gasteiger partial charge in [0.2, 0.25) is 0 Å². The number of methoxy groups -OCH3 is 2. The van der Waals surface area contributed by atoms with Crippen molar-refractivity contribution in [3.63, 3.8) is 0 Å². The highest BCUT2D eigenvalue weighted by Crippen LogP contribution is 2.46. The van der Waals surface area contributed by atoms with E-state index in [0.717, 1.165) is 22.6 Å². The fourth-order valence-electron chi connectivity index (χ4n) is 3.94. The quantitative estimate of drug-likeness (QED) is 0.735. The number of rotatable bonds is 5. The zero-order valence-electron chi connectivity index (χ0n) is 16.0. The van der Waals surface area contributed by atoms with E-state index in [0.29, 0.717) is 0 Å². The summed E-state index contributed by atoms with van der Waals surface area (Å²) in [4.78, 5) is 24.9. The van der Waals surface area contributed by atoms with Crippen LogP contribution in [0.5, 0.6) is 11.5 Å². The molecule has 0 aliphatic carbocycles. The minimum absolute atomic E-state index is 0.122. The van der Waals surface area contributed by atoms with Gasteiger partial charge in [-0.1, -0.05) is 38.1 Å². The molecule has 1 aliphatic heterocycles. The third kappa shape index (κ3) is 3.39. The molecular formula is C21H24N2O4. The summed E-state index contributed by atoms with van der Waals surface area (Å²) in [6, 6.07) is 14.0. The van der Waals surface area contributed by atoms with Gasteiger partial charge in [0, 0.05) is 11.8 Å². The van der Waals surface area contributed by atoms with E-state index in [4.69, 9.17) is 9.47 Å². The van der Waals surface area contributed by atoms with Crippen molar-refractivity contribution in [1.82, 2.24) is 5.01 Å². The molecule has 2 aromatic carbocycles. The maximum Gasteiger partial charge on any atom is 0.143 e. The summed E-state index contributed by atoms with van der Waals surface area (Å²) in [6.07, 6.45) is 0. The molecule has 0 spiro atoms. The van der Waals surface area contributed by atoms with Crippen molar-refractivity contribution in [3.8, 4) is 11.5 Å². The molecule has 0 bridgehead atoms. The van der Waals surface area contributed by atoms with E-state index < -0.39 is 12.1 Å². The highest BCUT2D eigenvalue weighted by molar-refractivity contribution is 5.85. The lowest BCUT2D eigenvalue weighted by molar-refractivity contribution is -0.138. The van der Waals surface area contributed by atoms with Crippen molar-refractivity contribution >= 4 is 5.78 Å². The van der Waals surface area contributed by atoms with Gasteiger partial charge in [-0.25, -0.2) is 5.01 Å². The Balaban J connectivity index is 2.04. The fraction of sp³-hybridized carbons (Fsp3) is 0.381. The average molecular weight is 368 g/mol. The number of carbonyl (C=O) groups is 1. The van der Waals surface area contributed by atoms with Gasteiger partial charge < -0.3 is 9.47 Å². The lowest BCUT2D eigenvalue weighted by Crippen LogP contribution is -2.46. The van der Waals surface area contributed by atoms with Crippen molar-refractivity contribution in [3.05, 3.63) is 64.6 Å². The lowest BCUT2D eigenvalue weighted by atomic mass is 9.75. The third-order valence-electron chi connectivity index (χ3n) is 5.42. The zero-order chi connectivity index (χ0) is 19.6. The van der Waals surface area contributed by atoms with Gasteiger partial charge in [0.1, 0.15) is 17.3 Å². The van der Waals surface area contributed by atoms with Crippen LogP contribution in [0.4, 0.5) is 0 Å². The second kappa shape index (κ2) is 7.78. The van der Waals surface area contributed by atoms with Crippen molar-refractivity contribution in [2.75, 3.05) is 14.2 Å². The normalized spacial score (nSPS) is 25.2. The molecular weight excluding hydrogens is 344 g/mol. The molecule has 1 heterocycles. The lowest BCUT2D eigenvalue weighted by Gasteiger charge is -2.44. The number of nitroso groups, excluding NO2 is 1. The van der Waals surface area contributed by atoms with Gasteiger partial charge in [0.05, 0.1) is 31.6 Å². The number of hydrogen-bond acceptors (Lipinski definition) is 5. The van der Waals surface area contributed by atoms with E-state index >= 15 is 0 Å². The van der Waals surface area contributed by atoms with Gasteiger partial charge >= 0.3 is 0 Å². The smallest absolute Gasteiger partial charge is 0.143 e. The van der Waals surface area contributed by atoms with Gasteiger partial charge in [-0.3, -0.25) is 4.79 Å². The van der Waals surface area contributed by atoms with Crippen LogP contribution in [0.3, 0.4) is 0 Å². The minimum atomic E-state index is -0.427. The van der Waals surface area contributed by atoms with Crippen molar-refractivity contribution in [2.45, 2.75) is 25.9 Å². The number of hydrogen-bond donors (Lipinski definition) is 0. The summed E-state index contributed by atoms with van der Waals surface area (Å²) >= 11 is 0. The molecule has 27 heavy (non-hydrogen) atoms. The SMILES string of the molecule is COc1ccc([C@@H]2[C@H](C)C(=O)[C@@H](C)[C@@H](c3ccc(OC)cc3)N2N=O)cc1. The molecule has 0 N–H and O–H groups in total. The molecule has 1 saturated heterocycles. The Morgan fingerprint density at radius 1 is 0.778 bits per heavy atom. The first kappa shape index (κ1) is 18.9. The van der Waals surface area contributed by atoms with Gasteiger partial charge in [0.25, 0.3) is 0 Å². The van der Waals surface area contributed by atoms with Crippen molar-refractivity contribution in [2.24, 2.45) is 17.1 Å². The molecule has 0 unspecified atom stereocenters. The first-order chi connectivity index (χ1) is 13.0. The summed E-state index contributed by atoms with van der Waals surface area (Å²) in [5.74, 6) is 0.871. The van der Waals surface area contributed by atoms with Crippen LogP contribution in [0.2, 0.25) is 0 Å². The zero-order valence-corrected chi connectivity index (χ0v) is 16.0. The Morgan fingerprint density at radius 3 is 1.44 bits per heavy atom. The molecule has 6 nitrogen and oxygen atoms in total. The highest BCUT2D eigenvalue weighted by Gasteiger charge is 2.46. The number of ketones is 1. The molecule has 0 amide bonds. The van der Waals surface area contributed by atoms with Gasteiger partial charge in [0.15, 0.2) is 0 Å². The van der Waals surface area contributed by atoms with Crippen LogP contribution in [0.15, 0.2) is 53.8 Å². The van der Waals surface area contributed by atoms with E-state index in [1.54, 1.807) is 14.2 Å². The Bertz CT molecular complexity index is 740.